The molecule has 2 heterocycles. The van der Waals surface area contributed by atoms with Gasteiger partial charge in [0.2, 0.25) is 5.91 Å². The zero-order valence-corrected chi connectivity index (χ0v) is 18.9. The fourth-order valence-corrected chi connectivity index (χ4v) is 4.45. The number of carbonyl (C=O) groups is 1. The zero-order chi connectivity index (χ0) is 21.6. The van der Waals surface area contributed by atoms with Crippen LogP contribution in [0.15, 0.2) is 71.2 Å². The Morgan fingerprint density at radius 3 is 2.71 bits per heavy atom. The largest absolute Gasteiger partial charge is 0.497 e. The Balaban J connectivity index is 1.59. The number of benzene rings is 2. The number of nitrogens with one attached hydrogen (secondary N) is 1. The van der Waals surface area contributed by atoms with Gasteiger partial charge >= 0.3 is 0 Å². The Morgan fingerprint density at radius 2 is 1.97 bits per heavy atom. The number of thioether (sulfide) groups is 1. The van der Waals surface area contributed by atoms with Crippen molar-refractivity contribution in [2.24, 2.45) is 0 Å². The van der Waals surface area contributed by atoms with E-state index in [2.05, 4.69) is 15.5 Å². The Hall–Kier alpha value is -3.10. The standard InChI is InChI=1S/C23H22N4O2S2/c1-16-8-10-18(11-9-16)27-22(17-5-3-6-19(13-17)29-2)25-26-23(27)31-15-21(28)24-14-20-7-4-12-30-20/h3-13H,14-15H2,1-2H3,(H,24,28). The van der Waals surface area contributed by atoms with E-state index in [0.717, 1.165) is 21.9 Å². The van der Waals surface area contributed by atoms with Crippen LogP contribution >= 0.6 is 23.1 Å². The molecule has 0 saturated heterocycles. The van der Waals surface area contributed by atoms with Crippen LogP contribution in [0.3, 0.4) is 0 Å². The lowest BCUT2D eigenvalue weighted by atomic mass is 10.2. The second-order valence-electron chi connectivity index (χ2n) is 6.85. The Kier molecular flexibility index (Phi) is 6.69. The van der Waals surface area contributed by atoms with Gasteiger partial charge in [0.15, 0.2) is 11.0 Å². The van der Waals surface area contributed by atoms with Gasteiger partial charge in [0.05, 0.1) is 19.4 Å². The average Bonchev–Trinajstić information content (AvgIpc) is 3.47. The van der Waals surface area contributed by atoms with Crippen LogP contribution in [0.2, 0.25) is 0 Å². The molecule has 0 unspecified atom stereocenters. The van der Waals surface area contributed by atoms with E-state index in [1.165, 1.54) is 17.3 Å². The maximum atomic E-state index is 12.4. The number of hydrogen-bond acceptors (Lipinski definition) is 6. The molecule has 0 aliphatic carbocycles. The predicted molar refractivity (Wildman–Crippen MR) is 125 cm³/mol. The normalized spacial score (nSPS) is 10.8. The van der Waals surface area contributed by atoms with E-state index >= 15 is 0 Å². The maximum absolute atomic E-state index is 12.4. The Bertz CT molecular complexity index is 1150. The van der Waals surface area contributed by atoms with Crippen LogP contribution in [0.4, 0.5) is 0 Å². The molecule has 0 spiro atoms. The molecule has 0 atom stereocenters. The number of nitrogens with zero attached hydrogens (tertiary/aromatic N) is 3. The van der Waals surface area contributed by atoms with Crippen molar-refractivity contribution in [3.63, 3.8) is 0 Å². The Labute approximate surface area is 189 Å². The Morgan fingerprint density at radius 1 is 1.13 bits per heavy atom. The van der Waals surface area contributed by atoms with Gasteiger partial charge in [0.1, 0.15) is 5.75 Å². The molecule has 6 nitrogen and oxygen atoms in total. The maximum Gasteiger partial charge on any atom is 0.230 e. The molecule has 4 rings (SSSR count). The van der Waals surface area contributed by atoms with Crippen molar-refractivity contribution in [1.82, 2.24) is 20.1 Å². The van der Waals surface area contributed by atoms with E-state index in [1.54, 1.807) is 18.4 Å². The van der Waals surface area contributed by atoms with Crippen LogP contribution in [0.5, 0.6) is 5.75 Å². The SMILES string of the molecule is COc1cccc(-c2nnc(SCC(=O)NCc3cccs3)n2-c2ccc(C)cc2)c1. The van der Waals surface area contributed by atoms with Gasteiger partial charge in [0.25, 0.3) is 0 Å². The van der Waals surface area contributed by atoms with Crippen LogP contribution in [0, 0.1) is 6.92 Å². The second kappa shape index (κ2) is 9.80. The molecule has 0 bridgehead atoms. The lowest BCUT2D eigenvalue weighted by Gasteiger charge is -2.11. The molecule has 0 aliphatic rings. The highest BCUT2D eigenvalue weighted by atomic mass is 32.2. The number of aryl methyl sites for hydroxylation is 1. The summed E-state index contributed by atoms with van der Waals surface area (Å²) in [6, 6.07) is 19.9. The zero-order valence-electron chi connectivity index (χ0n) is 17.2. The number of amides is 1. The topological polar surface area (TPSA) is 69.0 Å². The van der Waals surface area contributed by atoms with Crippen LogP contribution in [0.1, 0.15) is 10.4 Å². The lowest BCUT2D eigenvalue weighted by Crippen LogP contribution is -2.24. The lowest BCUT2D eigenvalue weighted by molar-refractivity contribution is -0.118. The smallest absolute Gasteiger partial charge is 0.230 e. The van der Waals surface area contributed by atoms with Crippen molar-refractivity contribution in [2.45, 2.75) is 18.6 Å². The monoisotopic (exact) mass is 450 g/mol. The molecule has 158 valence electrons. The first-order chi connectivity index (χ1) is 15.1. The van der Waals surface area contributed by atoms with E-state index in [-0.39, 0.29) is 11.7 Å². The molecule has 2 aromatic heterocycles. The first-order valence-electron chi connectivity index (χ1n) is 9.73. The summed E-state index contributed by atoms with van der Waals surface area (Å²) in [6.07, 6.45) is 0. The number of hydrogen-bond donors (Lipinski definition) is 1. The number of thiophene rings is 1. The van der Waals surface area contributed by atoms with Crippen LogP contribution in [-0.2, 0) is 11.3 Å². The summed E-state index contributed by atoms with van der Waals surface area (Å²) in [6.45, 7) is 2.59. The number of methoxy groups -OCH3 is 1. The summed E-state index contributed by atoms with van der Waals surface area (Å²) in [4.78, 5) is 13.5. The van der Waals surface area contributed by atoms with Gasteiger partial charge in [-0.15, -0.1) is 21.5 Å². The highest BCUT2D eigenvalue weighted by molar-refractivity contribution is 7.99. The minimum absolute atomic E-state index is 0.0419. The molecule has 0 aliphatic heterocycles. The van der Waals surface area contributed by atoms with Crippen LogP contribution in [-0.4, -0.2) is 33.5 Å². The first kappa shape index (κ1) is 21.1. The van der Waals surface area contributed by atoms with Gasteiger partial charge in [-0.05, 0) is 42.6 Å². The summed E-state index contributed by atoms with van der Waals surface area (Å²) in [5.41, 5.74) is 3.00. The third-order valence-corrected chi connectivity index (χ3v) is 6.43. The fraction of sp³-hybridized carbons (Fsp3) is 0.174. The minimum atomic E-state index is -0.0419. The molecule has 0 saturated carbocycles. The van der Waals surface area contributed by atoms with Gasteiger partial charge in [-0.3, -0.25) is 9.36 Å². The summed E-state index contributed by atoms with van der Waals surface area (Å²) < 4.78 is 7.34. The van der Waals surface area contributed by atoms with E-state index in [4.69, 9.17) is 4.74 Å². The van der Waals surface area contributed by atoms with Crippen molar-refractivity contribution in [3.8, 4) is 22.8 Å². The molecule has 4 aromatic rings. The number of rotatable bonds is 8. The number of carbonyl (C=O) groups excluding carboxylic acids is 1. The summed E-state index contributed by atoms with van der Waals surface area (Å²) in [5.74, 6) is 1.66. The van der Waals surface area contributed by atoms with Crippen LogP contribution in [0.25, 0.3) is 17.1 Å². The van der Waals surface area contributed by atoms with E-state index in [1.807, 2.05) is 77.5 Å². The van der Waals surface area contributed by atoms with Crippen molar-refractivity contribution in [1.29, 1.82) is 0 Å². The van der Waals surface area contributed by atoms with Gasteiger partial charge < -0.3 is 10.1 Å². The van der Waals surface area contributed by atoms with Crippen molar-refractivity contribution < 1.29 is 9.53 Å². The summed E-state index contributed by atoms with van der Waals surface area (Å²) in [5, 5.41) is 14.4. The van der Waals surface area contributed by atoms with E-state index < -0.39 is 0 Å². The third kappa shape index (κ3) is 5.15. The average molecular weight is 451 g/mol. The van der Waals surface area contributed by atoms with Gasteiger partial charge in [-0.1, -0.05) is 47.7 Å². The van der Waals surface area contributed by atoms with E-state index in [0.29, 0.717) is 17.5 Å². The molecule has 1 amide bonds. The van der Waals surface area contributed by atoms with Crippen molar-refractivity contribution in [2.75, 3.05) is 12.9 Å². The molecule has 8 heteroatoms. The number of ether oxygens (including phenoxy) is 1. The van der Waals surface area contributed by atoms with Crippen LogP contribution < -0.4 is 10.1 Å². The summed E-state index contributed by atoms with van der Waals surface area (Å²) in [7, 11) is 1.64. The van der Waals surface area contributed by atoms with E-state index in [9.17, 15) is 4.79 Å². The quantitative estimate of drug-likeness (QED) is 0.393. The third-order valence-electron chi connectivity index (χ3n) is 4.63. The highest BCUT2D eigenvalue weighted by Crippen LogP contribution is 2.29. The number of aromatic nitrogens is 3. The van der Waals surface area contributed by atoms with Gasteiger partial charge in [-0.2, -0.15) is 0 Å². The van der Waals surface area contributed by atoms with Crippen molar-refractivity contribution in [3.05, 3.63) is 76.5 Å². The van der Waals surface area contributed by atoms with Gasteiger partial charge in [-0.25, -0.2) is 0 Å². The molecule has 0 radical (unpaired) electrons. The highest BCUT2D eigenvalue weighted by Gasteiger charge is 2.18. The first-order valence-corrected chi connectivity index (χ1v) is 11.6. The predicted octanol–water partition coefficient (Wildman–Crippen LogP) is 4.72. The fourth-order valence-electron chi connectivity index (χ4n) is 3.02. The molecule has 0 fully saturated rings. The second-order valence-corrected chi connectivity index (χ2v) is 8.83. The molecule has 31 heavy (non-hydrogen) atoms. The molecular formula is C23H22N4O2S2. The minimum Gasteiger partial charge on any atom is -0.497 e. The summed E-state index contributed by atoms with van der Waals surface area (Å²) >= 11 is 2.99. The molecule has 1 N–H and O–H groups in total. The molecule has 2 aromatic carbocycles. The molecular weight excluding hydrogens is 428 g/mol. The van der Waals surface area contributed by atoms with Gasteiger partial charge in [0, 0.05) is 16.1 Å². The van der Waals surface area contributed by atoms with Crippen molar-refractivity contribution >= 4 is 29.0 Å².